The molecule has 0 unspecified atom stereocenters. The molecule has 0 atom stereocenters. The maximum atomic E-state index is 10.0. The van der Waals surface area contributed by atoms with Crippen LogP contribution >= 0.6 is 0 Å². The van der Waals surface area contributed by atoms with Crippen molar-refractivity contribution in [2.75, 3.05) is 6.54 Å². The van der Waals surface area contributed by atoms with E-state index < -0.39 is 0 Å². The molecule has 2 aromatic rings. The van der Waals surface area contributed by atoms with Crippen molar-refractivity contribution in [1.29, 1.82) is 0 Å². The van der Waals surface area contributed by atoms with Crippen LogP contribution in [-0.2, 0) is 5.41 Å². The van der Waals surface area contributed by atoms with E-state index in [0.717, 1.165) is 12.1 Å². The highest BCUT2D eigenvalue weighted by Crippen LogP contribution is 2.40. The van der Waals surface area contributed by atoms with Gasteiger partial charge in [-0.05, 0) is 26.0 Å². The first-order valence-electron chi connectivity index (χ1n) is 8.76. The standard InChI is InChI=1S/C22H25NO/c1-4-5-16-23-19-12-8-7-11-18(19)22(2,3)21(23)15-14-17-10-6-9-13-20(17)24/h6-15H,4-5,16H2,1-3H3/p+1. The van der Waals surface area contributed by atoms with Crippen LogP contribution in [0.25, 0.3) is 6.08 Å². The smallest absolute Gasteiger partial charge is 0.209 e. The van der Waals surface area contributed by atoms with Crippen LogP contribution in [0, 0.1) is 0 Å². The van der Waals surface area contributed by atoms with E-state index in [1.807, 2.05) is 24.3 Å². The summed E-state index contributed by atoms with van der Waals surface area (Å²) in [5.41, 5.74) is 4.80. The molecule has 0 saturated carbocycles. The van der Waals surface area contributed by atoms with Crippen LogP contribution in [0.3, 0.4) is 0 Å². The number of fused-ring (bicyclic) bond motifs is 1. The molecule has 24 heavy (non-hydrogen) atoms. The van der Waals surface area contributed by atoms with Crippen LogP contribution in [0.2, 0.25) is 0 Å². The first-order chi connectivity index (χ1) is 11.6. The Morgan fingerprint density at radius 2 is 1.71 bits per heavy atom. The zero-order chi connectivity index (χ0) is 17.2. The van der Waals surface area contributed by atoms with Crippen LogP contribution in [0.5, 0.6) is 5.75 Å². The van der Waals surface area contributed by atoms with Gasteiger partial charge in [0, 0.05) is 29.7 Å². The minimum Gasteiger partial charge on any atom is -0.507 e. The summed E-state index contributed by atoms with van der Waals surface area (Å²) < 4.78 is 2.44. The lowest BCUT2D eigenvalue weighted by Crippen LogP contribution is -2.27. The van der Waals surface area contributed by atoms with Gasteiger partial charge in [-0.25, -0.2) is 0 Å². The van der Waals surface area contributed by atoms with Gasteiger partial charge >= 0.3 is 0 Å². The van der Waals surface area contributed by atoms with Crippen LogP contribution in [0.1, 0.15) is 44.7 Å². The van der Waals surface area contributed by atoms with Crippen molar-refractivity contribution in [3.63, 3.8) is 0 Å². The third-order valence-corrected chi connectivity index (χ3v) is 4.89. The molecule has 1 aliphatic heterocycles. The highest BCUT2D eigenvalue weighted by molar-refractivity contribution is 6.05. The highest BCUT2D eigenvalue weighted by Gasteiger charge is 2.43. The number of rotatable bonds is 5. The second-order valence-electron chi connectivity index (χ2n) is 6.92. The van der Waals surface area contributed by atoms with Crippen molar-refractivity contribution in [3.8, 4) is 5.75 Å². The Morgan fingerprint density at radius 3 is 2.46 bits per heavy atom. The number of phenols is 1. The molecule has 124 valence electrons. The van der Waals surface area contributed by atoms with Crippen LogP contribution in [0.4, 0.5) is 5.69 Å². The lowest BCUT2D eigenvalue weighted by atomic mass is 9.81. The summed E-state index contributed by atoms with van der Waals surface area (Å²) in [6.07, 6.45) is 6.54. The molecule has 1 heterocycles. The Balaban J connectivity index is 2.06. The molecule has 1 N–H and O–H groups in total. The lowest BCUT2D eigenvalue weighted by molar-refractivity contribution is -0.438. The number of para-hydroxylation sites is 2. The van der Waals surface area contributed by atoms with E-state index in [1.165, 1.54) is 29.8 Å². The van der Waals surface area contributed by atoms with Gasteiger partial charge in [-0.1, -0.05) is 49.7 Å². The molecule has 0 fully saturated rings. The van der Waals surface area contributed by atoms with Gasteiger partial charge in [0.2, 0.25) is 5.69 Å². The van der Waals surface area contributed by atoms with E-state index in [2.05, 4.69) is 55.7 Å². The Morgan fingerprint density at radius 1 is 1.00 bits per heavy atom. The van der Waals surface area contributed by atoms with E-state index in [9.17, 15) is 5.11 Å². The van der Waals surface area contributed by atoms with Gasteiger partial charge < -0.3 is 5.11 Å². The molecule has 1 aliphatic rings. The van der Waals surface area contributed by atoms with Gasteiger partial charge in [-0.2, -0.15) is 4.58 Å². The fourth-order valence-corrected chi connectivity index (χ4v) is 3.50. The molecule has 0 amide bonds. The SMILES string of the molecule is CCCC[N+]1=C(/C=C/c2ccccc2O)C(C)(C)c2ccccc21. The summed E-state index contributed by atoms with van der Waals surface area (Å²) in [6, 6.07) is 16.2. The number of aromatic hydroxyl groups is 1. The second kappa shape index (κ2) is 6.64. The van der Waals surface area contributed by atoms with E-state index in [0.29, 0.717) is 5.75 Å². The predicted molar refractivity (Wildman–Crippen MR) is 101 cm³/mol. The zero-order valence-electron chi connectivity index (χ0n) is 14.8. The van der Waals surface area contributed by atoms with Gasteiger partial charge in [0.15, 0.2) is 5.71 Å². The Kier molecular flexibility index (Phi) is 4.57. The molecular weight excluding hydrogens is 294 g/mol. The van der Waals surface area contributed by atoms with Crippen molar-refractivity contribution in [3.05, 3.63) is 65.7 Å². The van der Waals surface area contributed by atoms with Crippen LogP contribution in [0.15, 0.2) is 54.6 Å². The number of benzene rings is 2. The van der Waals surface area contributed by atoms with E-state index >= 15 is 0 Å². The number of unbranched alkanes of at least 4 members (excludes halogenated alkanes) is 1. The third-order valence-electron chi connectivity index (χ3n) is 4.89. The Bertz CT molecular complexity index is 799. The topological polar surface area (TPSA) is 23.2 Å². The van der Waals surface area contributed by atoms with Crippen LogP contribution in [-0.4, -0.2) is 21.9 Å². The van der Waals surface area contributed by atoms with Gasteiger partial charge in [0.25, 0.3) is 0 Å². The second-order valence-corrected chi connectivity index (χ2v) is 6.92. The van der Waals surface area contributed by atoms with Gasteiger partial charge in [-0.15, -0.1) is 0 Å². The average Bonchev–Trinajstić information content (AvgIpc) is 2.80. The van der Waals surface area contributed by atoms with Gasteiger partial charge in [0.05, 0.1) is 5.41 Å². The molecule has 0 aliphatic carbocycles. The molecule has 3 rings (SSSR count). The van der Waals surface area contributed by atoms with E-state index in [4.69, 9.17) is 0 Å². The number of hydrogen-bond acceptors (Lipinski definition) is 1. The van der Waals surface area contributed by atoms with Crippen molar-refractivity contribution < 1.29 is 9.68 Å². The molecule has 0 radical (unpaired) electrons. The number of phenolic OH excluding ortho intramolecular Hbond substituents is 1. The molecule has 0 spiro atoms. The lowest BCUT2D eigenvalue weighted by Gasteiger charge is -2.15. The third kappa shape index (κ3) is 2.89. The summed E-state index contributed by atoms with van der Waals surface area (Å²) in [6.45, 7) is 7.81. The molecule has 2 nitrogen and oxygen atoms in total. The quantitative estimate of drug-likeness (QED) is 0.744. The zero-order valence-corrected chi connectivity index (χ0v) is 14.8. The maximum absolute atomic E-state index is 10.0. The van der Waals surface area contributed by atoms with Crippen LogP contribution < -0.4 is 0 Å². The number of hydrogen-bond donors (Lipinski definition) is 1. The predicted octanol–water partition coefficient (Wildman–Crippen LogP) is 5.28. The van der Waals surface area contributed by atoms with Crippen molar-refractivity contribution in [1.82, 2.24) is 0 Å². The first kappa shape index (κ1) is 16.5. The number of nitrogens with zero attached hydrogens (tertiary/aromatic N) is 1. The van der Waals surface area contributed by atoms with Crippen molar-refractivity contribution >= 4 is 17.5 Å². The maximum Gasteiger partial charge on any atom is 0.209 e. The monoisotopic (exact) mass is 320 g/mol. The van der Waals surface area contributed by atoms with Gasteiger partial charge in [-0.3, -0.25) is 0 Å². The first-order valence-corrected chi connectivity index (χ1v) is 8.76. The minimum absolute atomic E-state index is 0.0365. The normalized spacial score (nSPS) is 16.0. The number of allylic oxidation sites excluding steroid dienone is 1. The largest absolute Gasteiger partial charge is 0.507 e. The molecule has 0 aromatic heterocycles. The summed E-state index contributed by atoms with van der Waals surface area (Å²) in [5, 5.41) is 10.0. The van der Waals surface area contributed by atoms with Crippen molar-refractivity contribution in [2.24, 2.45) is 0 Å². The Hall–Kier alpha value is -2.35. The summed E-state index contributed by atoms with van der Waals surface area (Å²) in [4.78, 5) is 0. The molecule has 0 saturated heterocycles. The Labute approximate surface area is 144 Å². The minimum atomic E-state index is -0.0365. The summed E-state index contributed by atoms with van der Waals surface area (Å²) in [5.74, 6) is 0.322. The highest BCUT2D eigenvalue weighted by atomic mass is 16.3. The van der Waals surface area contributed by atoms with Crippen molar-refractivity contribution in [2.45, 2.75) is 39.0 Å². The van der Waals surface area contributed by atoms with E-state index in [-0.39, 0.29) is 5.41 Å². The molecular formula is C22H26NO+. The fraction of sp³-hybridized carbons (Fsp3) is 0.318. The summed E-state index contributed by atoms with van der Waals surface area (Å²) in [7, 11) is 0. The molecule has 2 aromatic carbocycles. The molecule has 0 bridgehead atoms. The fourth-order valence-electron chi connectivity index (χ4n) is 3.50. The summed E-state index contributed by atoms with van der Waals surface area (Å²) >= 11 is 0. The average molecular weight is 320 g/mol. The molecule has 2 heteroatoms. The van der Waals surface area contributed by atoms with Gasteiger partial charge in [0.1, 0.15) is 12.3 Å². The van der Waals surface area contributed by atoms with E-state index in [1.54, 1.807) is 6.07 Å².